The Balaban J connectivity index is 1.09. The van der Waals surface area contributed by atoms with E-state index in [2.05, 4.69) is 21.3 Å². The maximum atomic E-state index is 14.2. The molecule has 2 nitrogen and oxygen atoms in total. The summed E-state index contributed by atoms with van der Waals surface area (Å²) in [6.45, 7) is 0. The number of benzene rings is 8. The van der Waals surface area contributed by atoms with E-state index >= 15 is 0 Å². The van der Waals surface area contributed by atoms with Crippen LogP contribution in [0.15, 0.2) is 170 Å². The van der Waals surface area contributed by atoms with Gasteiger partial charge in [0.1, 0.15) is 11.6 Å². The molecule has 60 heavy (non-hydrogen) atoms. The molecule has 0 spiro atoms. The summed E-state index contributed by atoms with van der Waals surface area (Å²) in [7, 11) is 0. The molecular weight excluding hydrogens is 781 g/mol. The number of rotatable bonds is 5. The monoisotopic (exact) mass is 808 g/mol. The lowest BCUT2D eigenvalue weighted by Gasteiger charge is -2.15. The van der Waals surface area contributed by atoms with Crippen LogP contribution in [0.5, 0.6) is 0 Å². The van der Waals surface area contributed by atoms with Crippen molar-refractivity contribution in [2.75, 3.05) is 0 Å². The second kappa shape index (κ2) is 13.7. The van der Waals surface area contributed by atoms with Gasteiger partial charge in [0.2, 0.25) is 0 Å². The molecular formula is C50H28F8N2. The predicted molar refractivity (Wildman–Crippen MR) is 221 cm³/mol. The fourth-order valence-electron chi connectivity index (χ4n) is 8.44. The number of alkyl halides is 6. The van der Waals surface area contributed by atoms with Crippen molar-refractivity contribution in [3.8, 4) is 44.8 Å². The maximum absolute atomic E-state index is 14.2. The Morgan fingerprint density at radius 3 is 1.23 bits per heavy atom. The van der Waals surface area contributed by atoms with Crippen molar-refractivity contribution in [3.63, 3.8) is 0 Å². The largest absolute Gasteiger partial charge is 0.417 e. The summed E-state index contributed by atoms with van der Waals surface area (Å²) >= 11 is 0. The summed E-state index contributed by atoms with van der Waals surface area (Å²) in [5, 5.41) is 3.90. The van der Waals surface area contributed by atoms with Crippen molar-refractivity contribution < 1.29 is 35.1 Å². The van der Waals surface area contributed by atoms with Crippen molar-refractivity contribution in [3.05, 3.63) is 193 Å². The van der Waals surface area contributed by atoms with Crippen LogP contribution in [0.4, 0.5) is 35.1 Å². The van der Waals surface area contributed by atoms with E-state index < -0.39 is 35.1 Å². The molecule has 2 aromatic heterocycles. The minimum absolute atomic E-state index is 0.120. The van der Waals surface area contributed by atoms with Crippen LogP contribution < -0.4 is 0 Å². The molecule has 0 saturated heterocycles. The summed E-state index contributed by atoms with van der Waals surface area (Å²) in [6, 6.07) is 46.5. The molecule has 2 heterocycles. The lowest BCUT2D eigenvalue weighted by molar-refractivity contribution is -0.138. The molecule has 0 N–H and O–H groups in total. The highest BCUT2D eigenvalue weighted by Crippen LogP contribution is 2.42. The van der Waals surface area contributed by atoms with Crippen LogP contribution in [-0.2, 0) is 12.4 Å². The lowest BCUT2D eigenvalue weighted by Crippen LogP contribution is -2.07. The Labute approximate surface area is 336 Å². The summed E-state index contributed by atoms with van der Waals surface area (Å²) in [6.07, 6.45) is -9.40. The molecule has 10 rings (SSSR count). The van der Waals surface area contributed by atoms with Gasteiger partial charge >= 0.3 is 12.4 Å². The summed E-state index contributed by atoms with van der Waals surface area (Å²) in [5.74, 6) is -1.73. The summed E-state index contributed by atoms with van der Waals surface area (Å²) < 4.78 is 116. The zero-order chi connectivity index (χ0) is 41.5. The van der Waals surface area contributed by atoms with E-state index in [1.807, 2.05) is 72.8 Å². The van der Waals surface area contributed by atoms with Crippen LogP contribution in [0.25, 0.3) is 88.4 Å². The third-order valence-electron chi connectivity index (χ3n) is 11.1. The highest BCUT2D eigenvalue weighted by atomic mass is 19.4. The van der Waals surface area contributed by atoms with Gasteiger partial charge in [-0.3, -0.25) is 0 Å². The van der Waals surface area contributed by atoms with Crippen LogP contribution in [0, 0.1) is 11.6 Å². The van der Waals surface area contributed by atoms with Crippen molar-refractivity contribution in [2.24, 2.45) is 0 Å². The zero-order valence-electron chi connectivity index (χ0n) is 31.1. The molecule has 0 aliphatic heterocycles. The second-order valence-corrected chi connectivity index (χ2v) is 14.6. The molecule has 0 atom stereocenters. The van der Waals surface area contributed by atoms with E-state index in [9.17, 15) is 35.1 Å². The topological polar surface area (TPSA) is 9.86 Å². The number of nitrogens with zero attached hydrogens (tertiary/aromatic N) is 2. The van der Waals surface area contributed by atoms with Crippen LogP contribution in [0.1, 0.15) is 11.1 Å². The fraction of sp³-hybridized carbons (Fsp3) is 0.0400. The molecule has 0 bridgehead atoms. The fourth-order valence-corrected chi connectivity index (χ4v) is 8.44. The average molecular weight is 809 g/mol. The molecule has 0 radical (unpaired) electrons. The van der Waals surface area contributed by atoms with Gasteiger partial charge in [-0.15, -0.1) is 0 Å². The first kappa shape index (κ1) is 37.1. The van der Waals surface area contributed by atoms with E-state index in [1.54, 1.807) is 48.5 Å². The van der Waals surface area contributed by atoms with Gasteiger partial charge in [0.25, 0.3) is 0 Å². The highest BCUT2D eigenvalue weighted by molar-refractivity contribution is 6.12. The number of halogens is 8. The second-order valence-electron chi connectivity index (χ2n) is 14.6. The first-order valence-corrected chi connectivity index (χ1v) is 18.9. The molecule has 0 aliphatic carbocycles. The summed E-state index contributed by atoms with van der Waals surface area (Å²) in [4.78, 5) is 0. The van der Waals surface area contributed by atoms with Crippen LogP contribution in [0.2, 0.25) is 0 Å². The number of hydrogen-bond acceptors (Lipinski definition) is 0. The Morgan fingerprint density at radius 2 is 0.733 bits per heavy atom. The molecule has 294 valence electrons. The van der Waals surface area contributed by atoms with Crippen molar-refractivity contribution in [1.29, 1.82) is 0 Å². The smallest absolute Gasteiger partial charge is 0.309 e. The third-order valence-corrected chi connectivity index (χ3v) is 11.1. The average Bonchev–Trinajstić information content (AvgIpc) is 3.75. The molecule has 0 aliphatic rings. The predicted octanol–water partition coefficient (Wildman–Crippen LogP) is 15.2. The number of para-hydroxylation sites is 2. The van der Waals surface area contributed by atoms with Gasteiger partial charge in [-0.2, -0.15) is 26.3 Å². The van der Waals surface area contributed by atoms with Gasteiger partial charge in [0, 0.05) is 32.9 Å². The standard InChI is InChI=1S/C50H28F8N2/c51-33-16-24-43(49(53,54)55)42(27-33)30-11-19-36(20-12-30)60-46-8-4-2-6-39(46)41-22-14-32(26-48(41)60)31-13-21-40-38-5-1-3-7-45(38)59(47(40)25-31)35-17-9-29(10-18-35)37-23-15-34(52)28-44(37)50(56,57)58/h1-28H. The van der Waals surface area contributed by atoms with E-state index in [4.69, 9.17) is 0 Å². The molecule has 8 aromatic carbocycles. The van der Waals surface area contributed by atoms with E-state index in [0.29, 0.717) is 17.3 Å². The molecule has 10 heteroatoms. The SMILES string of the molecule is Fc1ccc(C(F)(F)F)c(-c2ccc(-n3c4ccccc4c4ccc(-c5ccc6c7ccccc7n(-c7ccc(-c8ccc(F)cc8C(F)(F)F)cc7)c6c5)cc43)cc2)c1. The van der Waals surface area contributed by atoms with Gasteiger partial charge in [-0.25, -0.2) is 8.78 Å². The third kappa shape index (κ3) is 6.18. The first-order chi connectivity index (χ1) is 28.8. The Kier molecular flexibility index (Phi) is 8.47. The van der Waals surface area contributed by atoms with E-state index in [1.165, 1.54) is 0 Å². The van der Waals surface area contributed by atoms with E-state index in [-0.39, 0.29) is 16.7 Å². The van der Waals surface area contributed by atoms with E-state index in [0.717, 1.165) is 90.8 Å². The van der Waals surface area contributed by atoms with Crippen LogP contribution in [-0.4, -0.2) is 9.13 Å². The normalized spacial score (nSPS) is 12.3. The zero-order valence-corrected chi connectivity index (χ0v) is 31.1. The Morgan fingerprint density at radius 1 is 0.317 bits per heavy atom. The summed E-state index contributed by atoms with van der Waals surface area (Å²) in [5.41, 5.74) is 4.91. The molecule has 0 amide bonds. The highest BCUT2D eigenvalue weighted by Gasteiger charge is 2.35. The minimum atomic E-state index is -4.74. The van der Waals surface area contributed by atoms with Gasteiger partial charge in [-0.05, 0) is 112 Å². The molecule has 0 unspecified atom stereocenters. The molecule has 10 aromatic rings. The maximum Gasteiger partial charge on any atom is 0.417 e. The van der Waals surface area contributed by atoms with Gasteiger partial charge in [0.05, 0.1) is 33.2 Å². The number of aromatic nitrogens is 2. The minimum Gasteiger partial charge on any atom is -0.309 e. The number of fused-ring (bicyclic) bond motifs is 6. The first-order valence-electron chi connectivity index (χ1n) is 18.9. The Hall–Kier alpha value is -7.20. The van der Waals surface area contributed by atoms with Crippen LogP contribution in [0.3, 0.4) is 0 Å². The van der Waals surface area contributed by atoms with Crippen molar-refractivity contribution in [2.45, 2.75) is 12.4 Å². The van der Waals surface area contributed by atoms with Gasteiger partial charge in [-0.1, -0.05) is 91.0 Å². The Bertz CT molecular complexity index is 3300. The van der Waals surface area contributed by atoms with Gasteiger partial charge in [0.15, 0.2) is 0 Å². The molecule has 0 fully saturated rings. The lowest BCUT2D eigenvalue weighted by atomic mass is 9.98. The quantitative estimate of drug-likeness (QED) is 0.153. The van der Waals surface area contributed by atoms with Gasteiger partial charge < -0.3 is 9.13 Å². The van der Waals surface area contributed by atoms with Crippen LogP contribution >= 0.6 is 0 Å². The number of hydrogen-bond donors (Lipinski definition) is 0. The van der Waals surface area contributed by atoms with Crippen molar-refractivity contribution in [1.82, 2.24) is 9.13 Å². The molecule has 0 saturated carbocycles. The van der Waals surface area contributed by atoms with Crippen molar-refractivity contribution >= 4 is 43.6 Å².